The fraction of sp³-hybridized carbons (Fsp3) is 0.333. The number of carbonyl (C=O) groups excluding carboxylic acids is 1. The number of Topliss-reactive ketones (excluding diaryl/α,β-unsaturated/α-hetero) is 1. The van der Waals surface area contributed by atoms with Gasteiger partial charge in [-0.3, -0.25) is 14.6 Å². The average Bonchev–Trinajstić information content (AvgIpc) is 3.00. The lowest BCUT2D eigenvalue weighted by atomic mass is 9.69. The van der Waals surface area contributed by atoms with Crippen molar-refractivity contribution in [3.63, 3.8) is 0 Å². The quantitative estimate of drug-likeness (QED) is 0.663. The Morgan fingerprint density at radius 2 is 1.90 bits per heavy atom. The Bertz CT molecular complexity index is 1270. The van der Waals surface area contributed by atoms with Crippen molar-refractivity contribution in [1.82, 2.24) is 19.6 Å². The van der Waals surface area contributed by atoms with Crippen molar-refractivity contribution in [3.05, 3.63) is 68.7 Å². The maximum absolute atomic E-state index is 13.6. The molecule has 0 saturated heterocycles. The van der Waals surface area contributed by atoms with Crippen LogP contribution in [0.25, 0.3) is 5.78 Å². The molecule has 148 valence electrons. The van der Waals surface area contributed by atoms with Crippen molar-refractivity contribution in [1.29, 1.82) is 0 Å². The highest BCUT2D eigenvalue weighted by Gasteiger charge is 2.42. The van der Waals surface area contributed by atoms with Gasteiger partial charge in [0.25, 0.3) is 5.56 Å². The number of hydrogen-bond donors (Lipinski definition) is 2. The van der Waals surface area contributed by atoms with Crippen LogP contribution in [0.1, 0.15) is 49.6 Å². The summed E-state index contributed by atoms with van der Waals surface area (Å²) in [5.41, 5.74) is 1.90. The van der Waals surface area contributed by atoms with E-state index in [1.54, 1.807) is 23.6 Å². The number of aromatic nitrogens is 4. The third-order valence-electron chi connectivity index (χ3n) is 5.62. The normalized spacial score (nSPS) is 20.4. The van der Waals surface area contributed by atoms with E-state index >= 15 is 0 Å². The predicted molar refractivity (Wildman–Crippen MR) is 105 cm³/mol. The number of carbonyl (C=O) groups is 1. The van der Waals surface area contributed by atoms with Gasteiger partial charge in [0.1, 0.15) is 17.5 Å². The highest BCUT2D eigenvalue weighted by atomic mass is 19.1. The first kappa shape index (κ1) is 17.8. The largest absolute Gasteiger partial charge is 0.343 e. The van der Waals surface area contributed by atoms with Gasteiger partial charge in [-0.15, -0.1) is 5.10 Å². The molecule has 2 aliphatic rings. The van der Waals surface area contributed by atoms with Gasteiger partial charge in [0.15, 0.2) is 5.78 Å². The molecule has 0 saturated carbocycles. The number of rotatable bonds is 1. The van der Waals surface area contributed by atoms with E-state index in [1.165, 1.54) is 12.1 Å². The molecule has 0 unspecified atom stereocenters. The van der Waals surface area contributed by atoms with E-state index in [9.17, 15) is 14.0 Å². The minimum Gasteiger partial charge on any atom is -0.343 e. The number of aromatic amines is 1. The molecule has 1 aliphatic heterocycles. The van der Waals surface area contributed by atoms with Crippen molar-refractivity contribution in [2.45, 2.75) is 39.5 Å². The van der Waals surface area contributed by atoms with Gasteiger partial charge in [-0.2, -0.15) is 9.50 Å². The number of aryl methyl sites for hydroxylation is 1. The lowest BCUT2D eigenvalue weighted by molar-refractivity contribution is -0.118. The summed E-state index contributed by atoms with van der Waals surface area (Å²) in [4.78, 5) is 33.3. The number of halogens is 1. The van der Waals surface area contributed by atoms with E-state index in [2.05, 4.69) is 20.4 Å². The molecule has 2 aromatic heterocycles. The van der Waals surface area contributed by atoms with E-state index in [0.717, 1.165) is 5.70 Å². The summed E-state index contributed by atoms with van der Waals surface area (Å²) >= 11 is 0. The summed E-state index contributed by atoms with van der Waals surface area (Å²) in [5, 5.41) is 7.73. The number of fused-ring (bicyclic) bond motifs is 3. The summed E-state index contributed by atoms with van der Waals surface area (Å²) in [5.74, 6) is 0.393. The Labute approximate surface area is 165 Å². The van der Waals surface area contributed by atoms with Crippen LogP contribution in [0, 0.1) is 18.2 Å². The van der Waals surface area contributed by atoms with E-state index in [4.69, 9.17) is 0 Å². The zero-order valence-electron chi connectivity index (χ0n) is 16.3. The van der Waals surface area contributed by atoms with Crippen LogP contribution in [0.4, 0.5) is 10.2 Å². The van der Waals surface area contributed by atoms with Gasteiger partial charge in [-0.1, -0.05) is 26.0 Å². The predicted octanol–water partition coefficient (Wildman–Crippen LogP) is 3.07. The molecule has 0 spiro atoms. The van der Waals surface area contributed by atoms with Crippen molar-refractivity contribution < 1.29 is 9.18 Å². The number of nitrogens with one attached hydrogen (secondary N) is 2. The number of allylic oxidation sites excluding steroid dienone is 2. The maximum atomic E-state index is 13.6. The summed E-state index contributed by atoms with van der Waals surface area (Å²) in [6.07, 6.45) is 1.05. The van der Waals surface area contributed by atoms with Crippen LogP contribution in [0.2, 0.25) is 0 Å². The maximum Gasteiger partial charge on any atom is 0.258 e. The number of hydrogen-bond acceptors (Lipinski definition) is 5. The van der Waals surface area contributed by atoms with Crippen LogP contribution in [0.5, 0.6) is 0 Å². The van der Waals surface area contributed by atoms with Crippen LogP contribution in [0.15, 0.2) is 40.3 Å². The number of anilines is 1. The molecular formula is C21H20FN5O2. The fourth-order valence-electron chi connectivity index (χ4n) is 4.49. The van der Waals surface area contributed by atoms with E-state index < -0.39 is 5.92 Å². The first-order valence-electron chi connectivity index (χ1n) is 9.52. The standard InChI is InChI=1S/C21H20FN5O2/c1-10-23-20-25-19(29)17-15(11-4-6-12(22)7-5-11)16-13(24-18(17)27(20)26-10)8-21(2,3)9-14(16)28/h4-7,15,24H,8-9H2,1-3H3,(H,23,25,26,29)/t15-/m1/s1. The molecule has 29 heavy (non-hydrogen) atoms. The Hall–Kier alpha value is -3.29. The van der Waals surface area contributed by atoms with Crippen LogP contribution in [-0.4, -0.2) is 25.4 Å². The molecule has 3 heterocycles. The molecule has 0 radical (unpaired) electrons. The zero-order valence-corrected chi connectivity index (χ0v) is 16.3. The van der Waals surface area contributed by atoms with Crippen molar-refractivity contribution >= 4 is 17.4 Å². The Kier molecular flexibility index (Phi) is 3.59. The van der Waals surface area contributed by atoms with Crippen LogP contribution < -0.4 is 10.9 Å². The summed E-state index contributed by atoms with van der Waals surface area (Å²) in [6.45, 7) is 5.84. The summed E-state index contributed by atoms with van der Waals surface area (Å²) in [7, 11) is 0. The van der Waals surface area contributed by atoms with Crippen molar-refractivity contribution in [2.24, 2.45) is 5.41 Å². The second kappa shape index (κ2) is 5.85. The Morgan fingerprint density at radius 1 is 1.17 bits per heavy atom. The third kappa shape index (κ3) is 2.70. The first-order valence-corrected chi connectivity index (χ1v) is 9.52. The minimum absolute atomic E-state index is 0.00186. The molecule has 0 bridgehead atoms. The molecule has 7 nitrogen and oxygen atoms in total. The van der Waals surface area contributed by atoms with Gasteiger partial charge in [0.2, 0.25) is 5.78 Å². The van der Waals surface area contributed by atoms with E-state index in [-0.39, 0.29) is 22.6 Å². The molecule has 0 amide bonds. The van der Waals surface area contributed by atoms with Gasteiger partial charge in [-0.25, -0.2) is 4.39 Å². The van der Waals surface area contributed by atoms with Gasteiger partial charge in [0.05, 0.1) is 5.56 Å². The van der Waals surface area contributed by atoms with Crippen molar-refractivity contribution in [2.75, 3.05) is 5.32 Å². The topological polar surface area (TPSA) is 92.2 Å². The fourth-order valence-corrected chi connectivity index (χ4v) is 4.49. The molecular weight excluding hydrogens is 373 g/mol. The molecule has 8 heteroatoms. The molecule has 3 aromatic rings. The van der Waals surface area contributed by atoms with Gasteiger partial charge < -0.3 is 5.32 Å². The molecule has 1 atom stereocenters. The number of benzene rings is 1. The minimum atomic E-state index is -0.594. The van der Waals surface area contributed by atoms with E-state index in [1.807, 2.05) is 13.8 Å². The number of nitrogens with zero attached hydrogens (tertiary/aromatic N) is 3. The first-order chi connectivity index (χ1) is 13.7. The van der Waals surface area contributed by atoms with Gasteiger partial charge in [-0.05, 0) is 36.5 Å². The Morgan fingerprint density at radius 3 is 2.62 bits per heavy atom. The second-order valence-electron chi connectivity index (χ2n) is 8.55. The third-order valence-corrected chi connectivity index (χ3v) is 5.62. The van der Waals surface area contributed by atoms with Gasteiger partial charge >= 0.3 is 0 Å². The number of ketones is 1. The number of H-pyrrole nitrogens is 1. The average molecular weight is 393 g/mol. The van der Waals surface area contributed by atoms with E-state index in [0.29, 0.717) is 47.0 Å². The molecule has 1 aromatic carbocycles. The highest BCUT2D eigenvalue weighted by molar-refractivity contribution is 6.01. The smallest absolute Gasteiger partial charge is 0.258 e. The van der Waals surface area contributed by atoms with Crippen LogP contribution in [-0.2, 0) is 4.79 Å². The second-order valence-corrected chi connectivity index (χ2v) is 8.55. The highest BCUT2D eigenvalue weighted by Crippen LogP contribution is 2.47. The zero-order chi connectivity index (χ0) is 20.5. The summed E-state index contributed by atoms with van der Waals surface area (Å²) < 4.78 is 15.1. The summed E-state index contributed by atoms with van der Waals surface area (Å²) in [6, 6.07) is 5.95. The molecule has 5 rings (SSSR count). The Balaban J connectivity index is 1.84. The SMILES string of the molecule is Cc1nc2[nH]c(=O)c3c(n2n1)NC1=C(C(=O)CC(C)(C)C1)[C@H]3c1ccc(F)cc1. The van der Waals surface area contributed by atoms with Crippen molar-refractivity contribution in [3.8, 4) is 0 Å². The monoisotopic (exact) mass is 393 g/mol. The van der Waals surface area contributed by atoms with Gasteiger partial charge in [0, 0.05) is 23.6 Å². The molecule has 1 aliphatic carbocycles. The lowest BCUT2D eigenvalue weighted by Crippen LogP contribution is -2.37. The molecule has 0 fully saturated rings. The van der Waals surface area contributed by atoms with Crippen LogP contribution >= 0.6 is 0 Å². The lowest BCUT2D eigenvalue weighted by Gasteiger charge is -2.38. The molecule has 2 N–H and O–H groups in total. The van der Waals surface area contributed by atoms with Crippen LogP contribution in [0.3, 0.4) is 0 Å².